The van der Waals surface area contributed by atoms with E-state index >= 15 is 0 Å². The smallest absolute Gasteiger partial charge is 0.250 e. The Labute approximate surface area is 167 Å². The molecule has 0 bridgehead atoms. The van der Waals surface area contributed by atoms with Gasteiger partial charge in [-0.1, -0.05) is 54.1 Å². The van der Waals surface area contributed by atoms with Gasteiger partial charge in [-0.3, -0.25) is 25.8 Å². The summed E-state index contributed by atoms with van der Waals surface area (Å²) >= 11 is 10.8. The number of hydrogen-bond donors (Lipinski definition) is 3. The van der Waals surface area contributed by atoms with E-state index < -0.39 is 5.91 Å². The van der Waals surface area contributed by atoms with Crippen LogP contribution in [0.4, 0.5) is 0 Å². The predicted octanol–water partition coefficient (Wildman–Crippen LogP) is 3.18. The van der Waals surface area contributed by atoms with Gasteiger partial charge in [-0.05, 0) is 53.9 Å². The van der Waals surface area contributed by atoms with Crippen molar-refractivity contribution in [2.75, 3.05) is 0 Å². The number of hydrazine groups is 1. The number of thiocarbonyl (C=S) groups is 1. The minimum atomic E-state index is -0.398. The van der Waals surface area contributed by atoms with Crippen LogP contribution in [-0.4, -0.2) is 16.9 Å². The van der Waals surface area contributed by atoms with E-state index in [1.165, 1.54) is 6.08 Å². The first-order valence-corrected chi connectivity index (χ1v) is 9.21. The molecule has 2 amide bonds. The fourth-order valence-corrected chi connectivity index (χ4v) is 2.97. The summed E-state index contributed by atoms with van der Waals surface area (Å²) in [5, 5.41) is 3.13. The van der Waals surface area contributed by atoms with E-state index in [1.54, 1.807) is 30.3 Å². The lowest BCUT2D eigenvalue weighted by atomic mass is 10.1. The zero-order chi connectivity index (χ0) is 19.2. The molecular weight excluding hydrogens is 382 g/mol. The average molecular weight is 400 g/mol. The number of nitrogens with one attached hydrogen (secondary N) is 3. The Bertz CT molecular complexity index is 869. The summed E-state index contributed by atoms with van der Waals surface area (Å²) in [6.07, 6.45) is 3.80. The van der Waals surface area contributed by atoms with E-state index in [2.05, 4.69) is 16.2 Å². The monoisotopic (exact) mass is 399 g/mol. The van der Waals surface area contributed by atoms with E-state index in [0.29, 0.717) is 5.02 Å². The maximum absolute atomic E-state index is 12.1. The second kappa shape index (κ2) is 8.79. The molecule has 7 heteroatoms. The summed E-state index contributed by atoms with van der Waals surface area (Å²) in [6.45, 7) is 0. The van der Waals surface area contributed by atoms with Crippen molar-refractivity contribution in [2.45, 2.75) is 12.3 Å². The molecule has 1 fully saturated rings. The van der Waals surface area contributed by atoms with Crippen LogP contribution in [0.1, 0.15) is 23.5 Å². The Kier molecular flexibility index (Phi) is 6.21. The SMILES string of the molecule is O=C(/C=C/c1ccc(Cl)cc1)NC(=S)NNC(=O)[C@@H]1C[C@H]1c1ccccc1. The number of carbonyl (C=O) groups excluding carboxylic acids is 2. The van der Waals surface area contributed by atoms with E-state index in [-0.39, 0.29) is 22.9 Å². The van der Waals surface area contributed by atoms with E-state index in [0.717, 1.165) is 17.5 Å². The highest BCUT2D eigenvalue weighted by molar-refractivity contribution is 7.80. The van der Waals surface area contributed by atoms with Crippen LogP contribution in [0.2, 0.25) is 5.02 Å². The number of rotatable bonds is 4. The maximum Gasteiger partial charge on any atom is 0.250 e. The molecule has 0 radical (unpaired) electrons. The van der Waals surface area contributed by atoms with E-state index in [9.17, 15) is 9.59 Å². The maximum atomic E-state index is 12.1. The Morgan fingerprint density at radius 1 is 1.04 bits per heavy atom. The third-order valence-corrected chi connectivity index (χ3v) is 4.64. The van der Waals surface area contributed by atoms with Gasteiger partial charge in [0.25, 0.3) is 0 Å². The zero-order valence-electron chi connectivity index (χ0n) is 14.3. The lowest BCUT2D eigenvalue weighted by Gasteiger charge is -2.09. The molecule has 3 N–H and O–H groups in total. The van der Waals surface area contributed by atoms with Gasteiger partial charge in [0.1, 0.15) is 0 Å². The first-order valence-electron chi connectivity index (χ1n) is 8.42. The summed E-state index contributed by atoms with van der Waals surface area (Å²) in [5.41, 5.74) is 7.10. The highest BCUT2D eigenvalue weighted by Gasteiger charge is 2.43. The van der Waals surface area contributed by atoms with Crippen LogP contribution in [0, 0.1) is 5.92 Å². The van der Waals surface area contributed by atoms with Gasteiger partial charge < -0.3 is 0 Å². The van der Waals surface area contributed by atoms with Crippen LogP contribution in [0.15, 0.2) is 60.7 Å². The average Bonchev–Trinajstić information content (AvgIpc) is 3.47. The number of benzene rings is 2. The third kappa shape index (κ3) is 5.64. The molecule has 1 aliphatic carbocycles. The highest BCUT2D eigenvalue weighted by atomic mass is 35.5. The molecule has 1 aliphatic rings. The van der Waals surface area contributed by atoms with Crippen LogP contribution in [0.25, 0.3) is 6.08 Å². The van der Waals surface area contributed by atoms with Crippen LogP contribution in [0.5, 0.6) is 0 Å². The minimum Gasteiger partial charge on any atom is -0.298 e. The number of halogens is 1. The number of amides is 2. The van der Waals surface area contributed by atoms with Crippen molar-refractivity contribution < 1.29 is 9.59 Å². The first-order chi connectivity index (χ1) is 13.0. The molecule has 138 valence electrons. The molecule has 0 aromatic heterocycles. The Balaban J connectivity index is 1.40. The minimum absolute atomic E-state index is 0.0333. The second-order valence-electron chi connectivity index (χ2n) is 6.18. The van der Waals surface area contributed by atoms with Gasteiger partial charge in [-0.2, -0.15) is 0 Å². The first kappa shape index (κ1) is 19.1. The van der Waals surface area contributed by atoms with Gasteiger partial charge in [0.2, 0.25) is 11.8 Å². The summed E-state index contributed by atoms with van der Waals surface area (Å²) in [4.78, 5) is 24.0. The summed E-state index contributed by atoms with van der Waals surface area (Å²) in [7, 11) is 0. The third-order valence-electron chi connectivity index (χ3n) is 4.19. The second-order valence-corrected chi connectivity index (χ2v) is 7.02. The van der Waals surface area contributed by atoms with Gasteiger partial charge in [0.05, 0.1) is 0 Å². The molecule has 27 heavy (non-hydrogen) atoms. The van der Waals surface area contributed by atoms with Gasteiger partial charge >= 0.3 is 0 Å². The fourth-order valence-electron chi connectivity index (χ4n) is 2.70. The van der Waals surface area contributed by atoms with Crippen LogP contribution < -0.4 is 16.2 Å². The Morgan fingerprint density at radius 2 is 1.74 bits per heavy atom. The fraction of sp³-hybridized carbons (Fsp3) is 0.150. The molecule has 1 saturated carbocycles. The molecular formula is C20H18ClN3O2S. The van der Waals surface area contributed by atoms with Crippen molar-refractivity contribution in [1.29, 1.82) is 0 Å². The van der Waals surface area contributed by atoms with Crippen molar-refractivity contribution >= 4 is 46.8 Å². The quantitative estimate of drug-likeness (QED) is 0.419. The van der Waals surface area contributed by atoms with Gasteiger partial charge in [0, 0.05) is 17.0 Å². The van der Waals surface area contributed by atoms with Crippen molar-refractivity contribution in [3.63, 3.8) is 0 Å². The normalized spacial score (nSPS) is 18.0. The van der Waals surface area contributed by atoms with Crippen LogP contribution in [-0.2, 0) is 9.59 Å². The van der Waals surface area contributed by atoms with Gasteiger partial charge in [0.15, 0.2) is 5.11 Å². The topological polar surface area (TPSA) is 70.2 Å². The molecule has 0 aliphatic heterocycles. The van der Waals surface area contributed by atoms with Gasteiger partial charge in [-0.15, -0.1) is 0 Å². The lowest BCUT2D eigenvalue weighted by molar-refractivity contribution is -0.123. The Morgan fingerprint density at radius 3 is 2.44 bits per heavy atom. The molecule has 2 aromatic carbocycles. The van der Waals surface area contributed by atoms with E-state index in [1.807, 2.05) is 30.3 Å². The van der Waals surface area contributed by atoms with E-state index in [4.69, 9.17) is 23.8 Å². The molecule has 0 spiro atoms. The number of hydrogen-bond acceptors (Lipinski definition) is 3. The summed E-state index contributed by atoms with van der Waals surface area (Å²) in [5.74, 6) is -0.385. The Hall–Kier alpha value is -2.70. The van der Waals surface area contributed by atoms with Crippen molar-refractivity contribution in [1.82, 2.24) is 16.2 Å². The molecule has 0 unspecified atom stereocenters. The largest absolute Gasteiger partial charge is 0.298 e. The summed E-state index contributed by atoms with van der Waals surface area (Å²) in [6, 6.07) is 17.0. The summed E-state index contributed by atoms with van der Waals surface area (Å²) < 4.78 is 0. The van der Waals surface area contributed by atoms with Crippen LogP contribution >= 0.6 is 23.8 Å². The zero-order valence-corrected chi connectivity index (χ0v) is 15.9. The van der Waals surface area contributed by atoms with Crippen molar-refractivity contribution in [2.24, 2.45) is 5.92 Å². The highest BCUT2D eigenvalue weighted by Crippen LogP contribution is 2.47. The molecule has 2 aromatic rings. The molecule has 0 heterocycles. The number of carbonyl (C=O) groups is 2. The lowest BCUT2D eigenvalue weighted by Crippen LogP contribution is -2.48. The van der Waals surface area contributed by atoms with Crippen molar-refractivity contribution in [3.05, 3.63) is 76.8 Å². The molecule has 0 saturated heterocycles. The predicted molar refractivity (Wildman–Crippen MR) is 110 cm³/mol. The van der Waals surface area contributed by atoms with Crippen LogP contribution in [0.3, 0.4) is 0 Å². The van der Waals surface area contributed by atoms with Gasteiger partial charge in [-0.25, -0.2) is 0 Å². The standard InChI is InChI=1S/C20H18ClN3O2S/c21-15-9-6-13(7-10-15)8-11-18(25)22-20(27)24-23-19(26)17-12-16(17)14-4-2-1-3-5-14/h1-11,16-17H,12H2,(H,23,26)(H2,22,24,25,27)/b11-8+/t16-,17+/m0/s1. The molecule has 5 nitrogen and oxygen atoms in total. The molecule has 2 atom stereocenters. The molecule has 3 rings (SSSR count). The van der Waals surface area contributed by atoms with Crippen molar-refractivity contribution in [3.8, 4) is 0 Å².